The minimum absolute atomic E-state index is 0.144. The van der Waals surface area contributed by atoms with Crippen molar-refractivity contribution in [2.75, 3.05) is 0 Å². The van der Waals surface area contributed by atoms with E-state index in [4.69, 9.17) is 6.57 Å². The maximum absolute atomic E-state index is 14.1. The van der Waals surface area contributed by atoms with Crippen LogP contribution in [0.5, 0.6) is 0 Å². The van der Waals surface area contributed by atoms with Crippen LogP contribution in [-0.4, -0.2) is 29.2 Å². The Morgan fingerprint density at radius 3 is 1.57 bits per heavy atom. The van der Waals surface area contributed by atoms with Crippen LogP contribution in [-0.2, 0) is 5.54 Å². The van der Waals surface area contributed by atoms with Crippen molar-refractivity contribution in [3.05, 3.63) is 120 Å². The van der Waals surface area contributed by atoms with Gasteiger partial charge >= 0.3 is 5.54 Å². The predicted octanol–water partition coefficient (Wildman–Crippen LogP) is 5.07. The van der Waals surface area contributed by atoms with Gasteiger partial charge in [0.25, 0.3) is 0 Å². The summed E-state index contributed by atoms with van der Waals surface area (Å²) in [5.41, 5.74) is 1.01. The molecule has 10 heteroatoms. The van der Waals surface area contributed by atoms with E-state index in [-0.39, 0.29) is 11.4 Å². The molecule has 6 aromatic rings. The Labute approximate surface area is 208 Å². The van der Waals surface area contributed by atoms with E-state index in [1.807, 2.05) is 0 Å². The highest BCUT2D eigenvalue weighted by Gasteiger charge is 2.45. The van der Waals surface area contributed by atoms with Crippen LogP contribution in [0.15, 0.2) is 84.9 Å². The molecule has 0 atom stereocenters. The molecule has 0 N–H and O–H groups in total. The SMILES string of the molecule is [C-]#[N+]C(C#N)(c1cccc(-c2cc3cccc(F)n3n2)n1)c1cccc(-c2cc3cccc(F)n3n2)n1. The fourth-order valence-electron chi connectivity index (χ4n) is 4.16. The molecule has 0 aliphatic heterocycles. The van der Waals surface area contributed by atoms with Gasteiger partial charge in [-0.05, 0) is 60.7 Å². The van der Waals surface area contributed by atoms with Crippen molar-refractivity contribution in [2.24, 2.45) is 0 Å². The van der Waals surface area contributed by atoms with Gasteiger partial charge in [0.15, 0.2) is 6.07 Å². The van der Waals surface area contributed by atoms with E-state index in [9.17, 15) is 14.0 Å². The maximum Gasteiger partial charge on any atom is 0.398 e. The van der Waals surface area contributed by atoms with Crippen molar-refractivity contribution in [1.82, 2.24) is 29.2 Å². The van der Waals surface area contributed by atoms with Crippen molar-refractivity contribution >= 4 is 11.0 Å². The summed E-state index contributed by atoms with van der Waals surface area (Å²) in [6.45, 7) is 7.95. The number of nitriles is 1. The first-order valence-corrected chi connectivity index (χ1v) is 11.1. The smallest absolute Gasteiger partial charge is 0.280 e. The number of hydrogen-bond acceptors (Lipinski definition) is 5. The molecule has 8 nitrogen and oxygen atoms in total. The third-order valence-corrected chi connectivity index (χ3v) is 5.97. The zero-order valence-electron chi connectivity index (χ0n) is 18.9. The normalized spacial score (nSPS) is 11.5. The van der Waals surface area contributed by atoms with Crippen molar-refractivity contribution in [3.8, 4) is 28.8 Å². The Kier molecular flexibility index (Phi) is 4.95. The molecule has 0 bridgehead atoms. The van der Waals surface area contributed by atoms with Crippen LogP contribution in [0.3, 0.4) is 0 Å². The fraction of sp³-hybridized carbons (Fsp3) is 0.0370. The number of nitrogens with zero attached hydrogens (tertiary/aromatic N) is 8. The lowest BCUT2D eigenvalue weighted by molar-refractivity contribution is 0.545. The van der Waals surface area contributed by atoms with Crippen molar-refractivity contribution in [3.63, 3.8) is 0 Å². The number of aromatic nitrogens is 6. The van der Waals surface area contributed by atoms with Crippen molar-refractivity contribution in [1.29, 1.82) is 5.26 Å². The Morgan fingerprint density at radius 2 is 1.16 bits per heavy atom. The lowest BCUT2D eigenvalue weighted by Crippen LogP contribution is -2.24. The lowest BCUT2D eigenvalue weighted by atomic mass is 9.92. The maximum atomic E-state index is 14.1. The Bertz CT molecular complexity index is 1770. The van der Waals surface area contributed by atoms with Crippen LogP contribution in [0.4, 0.5) is 8.78 Å². The first-order valence-electron chi connectivity index (χ1n) is 11.1. The average molecular weight is 488 g/mol. The summed E-state index contributed by atoms with van der Waals surface area (Å²) < 4.78 is 30.6. The van der Waals surface area contributed by atoms with Crippen LogP contribution in [0.2, 0.25) is 0 Å². The van der Waals surface area contributed by atoms with Crippen molar-refractivity contribution < 1.29 is 8.78 Å². The largest absolute Gasteiger partial charge is 0.398 e. The standard InChI is InChI=1S/C27H14F2N8/c1-31-27(16-30,23-10-4-8-19(32-23)21-14-17-6-2-12-25(28)36(17)34-21)24-11-5-9-20(33-24)22-15-18-7-3-13-26(29)37(18)35-22/h2-15H. The first-order chi connectivity index (χ1) is 18.0. The number of fused-ring (bicyclic) bond motifs is 2. The van der Waals surface area contributed by atoms with E-state index >= 15 is 0 Å². The molecule has 0 aromatic carbocycles. The van der Waals surface area contributed by atoms with Gasteiger partial charge in [-0.1, -0.05) is 24.3 Å². The molecule has 0 saturated carbocycles. The van der Waals surface area contributed by atoms with Gasteiger partial charge in [-0.25, -0.2) is 25.6 Å². The van der Waals surface area contributed by atoms with E-state index in [1.165, 1.54) is 12.1 Å². The molecule has 0 aliphatic rings. The third-order valence-electron chi connectivity index (χ3n) is 5.97. The van der Waals surface area contributed by atoms with E-state index in [0.29, 0.717) is 33.8 Å². The average Bonchev–Trinajstić information content (AvgIpc) is 3.57. The van der Waals surface area contributed by atoms with Crippen LogP contribution in [0.1, 0.15) is 11.4 Å². The molecule has 6 aromatic heterocycles. The van der Waals surface area contributed by atoms with E-state index < -0.39 is 17.4 Å². The van der Waals surface area contributed by atoms with E-state index in [0.717, 1.165) is 9.03 Å². The molecule has 0 amide bonds. The Balaban J connectivity index is 1.46. The molecule has 0 fully saturated rings. The summed E-state index contributed by atoms with van der Waals surface area (Å²) in [6.07, 6.45) is 0. The molecule has 0 saturated heterocycles. The summed E-state index contributed by atoms with van der Waals surface area (Å²) in [7, 11) is 0. The van der Waals surface area contributed by atoms with Gasteiger partial charge in [-0.3, -0.25) is 4.85 Å². The highest BCUT2D eigenvalue weighted by Crippen LogP contribution is 2.34. The van der Waals surface area contributed by atoms with E-state index in [1.54, 1.807) is 72.8 Å². The fourth-order valence-corrected chi connectivity index (χ4v) is 4.16. The third kappa shape index (κ3) is 3.48. The van der Waals surface area contributed by atoms with Gasteiger partial charge in [-0.2, -0.15) is 24.2 Å². The van der Waals surface area contributed by atoms with Crippen LogP contribution in [0, 0.1) is 29.8 Å². The summed E-state index contributed by atoms with van der Waals surface area (Å²) in [5.74, 6) is -1.06. The topological polar surface area (TPSA) is 88.5 Å². The highest BCUT2D eigenvalue weighted by molar-refractivity contribution is 5.65. The molecular weight excluding hydrogens is 474 g/mol. The number of pyridine rings is 4. The molecule has 0 aliphatic carbocycles. The minimum atomic E-state index is -1.87. The predicted molar refractivity (Wildman–Crippen MR) is 130 cm³/mol. The second kappa shape index (κ2) is 8.33. The second-order valence-electron chi connectivity index (χ2n) is 8.18. The van der Waals surface area contributed by atoms with E-state index in [2.05, 4.69) is 31.1 Å². The molecule has 0 unspecified atom stereocenters. The van der Waals surface area contributed by atoms with Crippen molar-refractivity contribution in [2.45, 2.75) is 5.54 Å². The summed E-state index contributed by atoms with van der Waals surface area (Å²) in [5, 5.41) is 18.8. The monoisotopic (exact) mass is 488 g/mol. The molecule has 0 spiro atoms. The zero-order chi connectivity index (χ0) is 25.6. The quantitative estimate of drug-likeness (QED) is 0.255. The molecule has 6 heterocycles. The molecule has 0 radical (unpaired) electrons. The molecule has 37 heavy (non-hydrogen) atoms. The van der Waals surface area contributed by atoms with Crippen LogP contribution < -0.4 is 0 Å². The minimum Gasteiger partial charge on any atom is -0.280 e. The Morgan fingerprint density at radius 1 is 0.703 bits per heavy atom. The molecule has 6 rings (SSSR count). The van der Waals surface area contributed by atoms with Gasteiger partial charge in [0, 0.05) is 0 Å². The van der Waals surface area contributed by atoms with Crippen LogP contribution in [0.25, 0.3) is 38.7 Å². The highest BCUT2D eigenvalue weighted by atomic mass is 19.1. The molecular formula is C27H14F2N8. The van der Waals surface area contributed by atoms with Gasteiger partial charge in [0.1, 0.15) is 22.8 Å². The van der Waals surface area contributed by atoms with Crippen LogP contribution >= 0.6 is 0 Å². The molecule has 176 valence electrons. The van der Waals surface area contributed by atoms with Gasteiger partial charge in [-0.15, -0.1) is 0 Å². The summed E-state index contributed by atoms with van der Waals surface area (Å²) in [6, 6.07) is 24.4. The summed E-state index contributed by atoms with van der Waals surface area (Å²) >= 11 is 0. The lowest BCUT2D eigenvalue weighted by Gasteiger charge is -2.14. The van der Waals surface area contributed by atoms with Gasteiger partial charge in [0.2, 0.25) is 11.9 Å². The second-order valence-corrected chi connectivity index (χ2v) is 8.18. The number of hydrogen-bond donors (Lipinski definition) is 0. The first kappa shape index (κ1) is 22.0. The van der Waals surface area contributed by atoms with Gasteiger partial charge < -0.3 is 0 Å². The zero-order valence-corrected chi connectivity index (χ0v) is 18.9. The Hall–Kier alpha value is -5.48. The number of rotatable bonds is 4. The van der Waals surface area contributed by atoms with Gasteiger partial charge in [0.05, 0.1) is 22.4 Å². The summed E-state index contributed by atoms with van der Waals surface area (Å²) in [4.78, 5) is 12.8. The number of halogens is 2.